The third kappa shape index (κ3) is 1.43. The van der Waals surface area contributed by atoms with Gasteiger partial charge in [-0.25, -0.2) is 0 Å². The van der Waals surface area contributed by atoms with E-state index in [0.717, 1.165) is 30.8 Å². The van der Waals surface area contributed by atoms with Crippen LogP contribution in [0.3, 0.4) is 0 Å². The average Bonchev–Trinajstić information content (AvgIpc) is 2.94. The first-order valence-corrected chi connectivity index (χ1v) is 5.77. The largest absolute Gasteiger partial charge is 0.332 e. The van der Waals surface area contributed by atoms with E-state index in [-0.39, 0.29) is 0 Å². The van der Waals surface area contributed by atoms with E-state index in [1.807, 2.05) is 6.92 Å². The lowest BCUT2D eigenvalue weighted by molar-refractivity contribution is 0.421. The fourth-order valence-corrected chi connectivity index (χ4v) is 2.15. The van der Waals surface area contributed by atoms with E-state index in [1.165, 1.54) is 24.1 Å². The first-order valence-electron chi connectivity index (χ1n) is 5.77. The van der Waals surface area contributed by atoms with Crippen molar-refractivity contribution < 1.29 is 4.52 Å². The number of aromatic amines is 1. The second-order valence-electron chi connectivity index (χ2n) is 4.11. The Morgan fingerprint density at radius 1 is 1.31 bits per heavy atom. The highest BCUT2D eigenvalue weighted by Crippen LogP contribution is 2.28. The fraction of sp³-hybridized carbons (Fsp3) is 0.545. The number of hydrogen-bond donors (Lipinski definition) is 1. The SMILES string of the molecule is CCc1noc(-c2n[nH]c3c2CCCC3)n1. The predicted octanol–water partition coefficient (Wildman–Crippen LogP) is 1.90. The van der Waals surface area contributed by atoms with Crippen molar-refractivity contribution >= 4 is 0 Å². The van der Waals surface area contributed by atoms with E-state index in [2.05, 4.69) is 20.3 Å². The molecule has 3 rings (SSSR count). The number of aromatic nitrogens is 4. The Kier molecular flexibility index (Phi) is 2.23. The summed E-state index contributed by atoms with van der Waals surface area (Å²) in [6.07, 6.45) is 5.38. The van der Waals surface area contributed by atoms with Crippen LogP contribution < -0.4 is 0 Å². The van der Waals surface area contributed by atoms with E-state index in [9.17, 15) is 0 Å². The van der Waals surface area contributed by atoms with Crippen LogP contribution in [0.2, 0.25) is 0 Å². The van der Waals surface area contributed by atoms with E-state index in [1.54, 1.807) is 0 Å². The maximum atomic E-state index is 5.22. The monoisotopic (exact) mass is 218 g/mol. The lowest BCUT2D eigenvalue weighted by atomic mass is 9.96. The van der Waals surface area contributed by atoms with Gasteiger partial charge in [-0.1, -0.05) is 12.1 Å². The van der Waals surface area contributed by atoms with Gasteiger partial charge in [-0.2, -0.15) is 10.1 Å². The van der Waals surface area contributed by atoms with Crippen LogP contribution in [0.25, 0.3) is 11.6 Å². The molecule has 2 heterocycles. The van der Waals surface area contributed by atoms with Crippen LogP contribution in [-0.2, 0) is 19.3 Å². The van der Waals surface area contributed by atoms with Crippen molar-refractivity contribution in [3.63, 3.8) is 0 Å². The summed E-state index contributed by atoms with van der Waals surface area (Å²) < 4.78 is 5.22. The molecular formula is C11H14N4O. The van der Waals surface area contributed by atoms with Crippen molar-refractivity contribution in [2.45, 2.75) is 39.0 Å². The molecule has 0 saturated carbocycles. The second kappa shape index (κ2) is 3.73. The molecule has 0 aromatic carbocycles. The fourth-order valence-electron chi connectivity index (χ4n) is 2.15. The van der Waals surface area contributed by atoms with E-state index < -0.39 is 0 Å². The first-order chi connectivity index (χ1) is 7.88. The summed E-state index contributed by atoms with van der Waals surface area (Å²) in [7, 11) is 0. The van der Waals surface area contributed by atoms with Gasteiger partial charge >= 0.3 is 0 Å². The molecule has 2 aromatic heterocycles. The maximum absolute atomic E-state index is 5.22. The Hall–Kier alpha value is -1.65. The molecule has 1 aliphatic carbocycles. The molecule has 0 aliphatic heterocycles. The molecular weight excluding hydrogens is 204 g/mol. The number of nitrogens with zero attached hydrogens (tertiary/aromatic N) is 3. The summed E-state index contributed by atoms with van der Waals surface area (Å²) in [6, 6.07) is 0. The molecule has 5 heteroatoms. The van der Waals surface area contributed by atoms with Gasteiger partial charge in [0.2, 0.25) is 0 Å². The number of nitrogens with one attached hydrogen (secondary N) is 1. The van der Waals surface area contributed by atoms with E-state index >= 15 is 0 Å². The number of fused-ring (bicyclic) bond motifs is 1. The zero-order chi connectivity index (χ0) is 11.0. The highest BCUT2D eigenvalue weighted by molar-refractivity contribution is 5.54. The topological polar surface area (TPSA) is 67.6 Å². The van der Waals surface area contributed by atoms with Crippen LogP contribution in [0.4, 0.5) is 0 Å². The minimum atomic E-state index is 0.552. The third-order valence-corrected chi connectivity index (χ3v) is 3.04. The van der Waals surface area contributed by atoms with Gasteiger partial charge < -0.3 is 4.52 Å². The summed E-state index contributed by atoms with van der Waals surface area (Å²) in [5.41, 5.74) is 3.34. The van der Waals surface area contributed by atoms with Gasteiger partial charge in [-0.15, -0.1) is 0 Å². The standard InChI is InChI=1S/C11H14N4O/c1-2-9-12-11(16-15-9)10-7-5-3-4-6-8(7)13-14-10/h2-6H2,1H3,(H,13,14). The molecule has 0 saturated heterocycles. The molecule has 0 spiro atoms. The summed E-state index contributed by atoms with van der Waals surface area (Å²) >= 11 is 0. The average molecular weight is 218 g/mol. The summed E-state index contributed by atoms with van der Waals surface area (Å²) in [6.45, 7) is 2.01. The highest BCUT2D eigenvalue weighted by Gasteiger charge is 2.21. The van der Waals surface area contributed by atoms with Gasteiger partial charge in [0.25, 0.3) is 5.89 Å². The molecule has 0 fully saturated rings. The molecule has 2 aromatic rings. The Bertz CT molecular complexity index is 500. The van der Waals surface area contributed by atoms with Crippen molar-refractivity contribution in [1.82, 2.24) is 20.3 Å². The smallest absolute Gasteiger partial charge is 0.278 e. The molecule has 0 bridgehead atoms. The number of H-pyrrole nitrogens is 1. The quantitative estimate of drug-likeness (QED) is 0.835. The molecule has 0 unspecified atom stereocenters. The van der Waals surface area contributed by atoms with Gasteiger partial charge in [-0.3, -0.25) is 5.10 Å². The van der Waals surface area contributed by atoms with Gasteiger partial charge in [0.1, 0.15) is 0 Å². The van der Waals surface area contributed by atoms with Crippen molar-refractivity contribution in [3.05, 3.63) is 17.1 Å². The zero-order valence-corrected chi connectivity index (χ0v) is 9.29. The zero-order valence-electron chi connectivity index (χ0n) is 9.29. The molecule has 0 radical (unpaired) electrons. The van der Waals surface area contributed by atoms with Gasteiger partial charge in [0, 0.05) is 17.7 Å². The number of rotatable bonds is 2. The lowest BCUT2D eigenvalue weighted by Gasteiger charge is -2.09. The second-order valence-corrected chi connectivity index (χ2v) is 4.11. The van der Waals surface area contributed by atoms with Gasteiger partial charge in [0.05, 0.1) is 0 Å². The minimum absolute atomic E-state index is 0.552. The third-order valence-electron chi connectivity index (χ3n) is 3.04. The molecule has 0 amide bonds. The molecule has 1 aliphatic rings. The highest BCUT2D eigenvalue weighted by atomic mass is 16.5. The van der Waals surface area contributed by atoms with Crippen LogP contribution in [0.1, 0.15) is 36.8 Å². The molecule has 1 N–H and O–H groups in total. The van der Waals surface area contributed by atoms with Crippen LogP contribution in [-0.4, -0.2) is 20.3 Å². The summed E-state index contributed by atoms with van der Waals surface area (Å²) in [5, 5.41) is 11.3. The van der Waals surface area contributed by atoms with Crippen LogP contribution >= 0.6 is 0 Å². The van der Waals surface area contributed by atoms with Crippen molar-refractivity contribution in [1.29, 1.82) is 0 Å². The Labute approximate surface area is 93.3 Å². The van der Waals surface area contributed by atoms with Crippen LogP contribution in [0.5, 0.6) is 0 Å². The van der Waals surface area contributed by atoms with Crippen molar-refractivity contribution in [3.8, 4) is 11.6 Å². The van der Waals surface area contributed by atoms with Crippen molar-refractivity contribution in [2.24, 2.45) is 0 Å². The summed E-state index contributed by atoms with van der Waals surface area (Å²) in [5.74, 6) is 1.29. The Morgan fingerprint density at radius 2 is 2.19 bits per heavy atom. The first kappa shape index (κ1) is 9.57. The van der Waals surface area contributed by atoms with Gasteiger partial charge in [0.15, 0.2) is 11.5 Å². The van der Waals surface area contributed by atoms with E-state index in [4.69, 9.17) is 4.52 Å². The molecule has 0 atom stereocenters. The molecule has 16 heavy (non-hydrogen) atoms. The van der Waals surface area contributed by atoms with Gasteiger partial charge in [-0.05, 0) is 25.7 Å². The van der Waals surface area contributed by atoms with Crippen molar-refractivity contribution in [2.75, 3.05) is 0 Å². The Morgan fingerprint density at radius 3 is 3.00 bits per heavy atom. The van der Waals surface area contributed by atoms with Crippen LogP contribution in [0, 0.1) is 0 Å². The summed E-state index contributed by atoms with van der Waals surface area (Å²) in [4.78, 5) is 4.32. The number of aryl methyl sites for hydroxylation is 2. The van der Waals surface area contributed by atoms with Crippen LogP contribution in [0.15, 0.2) is 4.52 Å². The predicted molar refractivity (Wildman–Crippen MR) is 57.9 cm³/mol. The molecule has 5 nitrogen and oxygen atoms in total. The molecule has 84 valence electrons. The Balaban J connectivity index is 2.02. The van der Waals surface area contributed by atoms with E-state index in [0.29, 0.717) is 5.89 Å². The lowest BCUT2D eigenvalue weighted by Crippen LogP contribution is -2.01. The minimum Gasteiger partial charge on any atom is -0.332 e. The maximum Gasteiger partial charge on any atom is 0.278 e. The number of hydrogen-bond acceptors (Lipinski definition) is 4. The normalized spacial score (nSPS) is 15.1.